The van der Waals surface area contributed by atoms with Crippen LogP contribution in [0.4, 0.5) is 0 Å². The van der Waals surface area contributed by atoms with E-state index in [9.17, 15) is 13.5 Å². The molecule has 2 unspecified atom stereocenters. The molecule has 4 nitrogen and oxygen atoms in total. The number of aliphatic hydroxyl groups excluding tert-OH is 1. The molecular weight excluding hydrogens is 309 g/mol. The first-order chi connectivity index (χ1) is 8.72. The van der Waals surface area contributed by atoms with Gasteiger partial charge in [0.1, 0.15) is 4.90 Å². The molecule has 0 saturated carbocycles. The second-order valence-corrected chi connectivity index (χ2v) is 7.20. The molecule has 1 aromatic rings. The highest BCUT2D eigenvalue weighted by atomic mass is 35.5. The fourth-order valence-electron chi connectivity index (χ4n) is 1.68. The van der Waals surface area contributed by atoms with Crippen molar-refractivity contribution in [1.82, 2.24) is 4.72 Å². The van der Waals surface area contributed by atoms with Crippen LogP contribution in [0.5, 0.6) is 0 Å². The molecule has 0 heterocycles. The molecule has 0 aliphatic carbocycles. The summed E-state index contributed by atoms with van der Waals surface area (Å²) < 4.78 is 26.6. The Morgan fingerprint density at radius 2 is 1.95 bits per heavy atom. The number of rotatable bonds is 6. The van der Waals surface area contributed by atoms with Gasteiger partial charge < -0.3 is 5.11 Å². The van der Waals surface area contributed by atoms with E-state index in [0.717, 1.165) is 0 Å². The van der Waals surface area contributed by atoms with Crippen LogP contribution in [-0.2, 0) is 10.0 Å². The third-order valence-corrected chi connectivity index (χ3v) is 4.69. The van der Waals surface area contributed by atoms with Crippen LogP contribution in [0.1, 0.15) is 20.3 Å². The van der Waals surface area contributed by atoms with Gasteiger partial charge in [-0.05, 0) is 37.5 Å². The van der Waals surface area contributed by atoms with Crippen LogP contribution in [0.15, 0.2) is 23.1 Å². The van der Waals surface area contributed by atoms with E-state index in [0.29, 0.717) is 11.4 Å². The number of hydrogen-bond acceptors (Lipinski definition) is 3. The molecule has 0 saturated heterocycles. The van der Waals surface area contributed by atoms with Crippen molar-refractivity contribution in [3.8, 4) is 0 Å². The first kappa shape index (κ1) is 16.7. The van der Waals surface area contributed by atoms with Crippen LogP contribution in [-0.4, -0.2) is 26.2 Å². The summed E-state index contributed by atoms with van der Waals surface area (Å²) in [6.45, 7) is 3.75. The topological polar surface area (TPSA) is 66.4 Å². The van der Waals surface area contributed by atoms with Crippen LogP contribution >= 0.6 is 23.2 Å². The minimum absolute atomic E-state index is 0.0211. The van der Waals surface area contributed by atoms with E-state index in [2.05, 4.69) is 4.72 Å². The zero-order valence-corrected chi connectivity index (χ0v) is 13.1. The third kappa shape index (κ3) is 5.28. The van der Waals surface area contributed by atoms with Crippen molar-refractivity contribution >= 4 is 33.2 Å². The Balaban J connectivity index is 2.79. The summed E-state index contributed by atoms with van der Waals surface area (Å²) in [5, 5.41) is 9.67. The predicted molar refractivity (Wildman–Crippen MR) is 77.1 cm³/mol. The van der Waals surface area contributed by atoms with E-state index in [1.54, 1.807) is 6.92 Å². The average molecular weight is 326 g/mol. The number of nitrogens with one attached hydrogen (secondary N) is 1. The van der Waals surface area contributed by atoms with E-state index < -0.39 is 16.1 Å². The Bertz CT molecular complexity index is 532. The highest BCUT2D eigenvalue weighted by Crippen LogP contribution is 2.24. The monoisotopic (exact) mass is 325 g/mol. The lowest BCUT2D eigenvalue weighted by Crippen LogP contribution is -2.29. The minimum atomic E-state index is -3.69. The summed E-state index contributed by atoms with van der Waals surface area (Å²) in [4.78, 5) is -0.0362. The molecule has 19 heavy (non-hydrogen) atoms. The number of benzene rings is 1. The lowest BCUT2D eigenvalue weighted by Gasteiger charge is -2.15. The van der Waals surface area contributed by atoms with Gasteiger partial charge >= 0.3 is 0 Å². The van der Waals surface area contributed by atoms with Gasteiger partial charge in [0.25, 0.3) is 0 Å². The first-order valence-corrected chi connectivity index (χ1v) is 8.09. The fraction of sp³-hybridized carbons (Fsp3) is 0.500. The summed E-state index contributed by atoms with van der Waals surface area (Å²) >= 11 is 11.6. The Kier molecular flexibility index (Phi) is 6.08. The molecular formula is C12H17Cl2NO3S. The van der Waals surface area contributed by atoms with Gasteiger partial charge in [-0.2, -0.15) is 0 Å². The van der Waals surface area contributed by atoms with Gasteiger partial charge in [-0.15, -0.1) is 0 Å². The normalized spacial score (nSPS) is 15.2. The molecule has 0 fully saturated rings. The molecule has 7 heteroatoms. The quantitative estimate of drug-likeness (QED) is 0.845. The van der Waals surface area contributed by atoms with E-state index in [1.807, 2.05) is 6.92 Å². The van der Waals surface area contributed by atoms with Gasteiger partial charge in [0, 0.05) is 11.6 Å². The van der Waals surface area contributed by atoms with Gasteiger partial charge in [-0.3, -0.25) is 0 Å². The van der Waals surface area contributed by atoms with Crippen molar-refractivity contribution < 1.29 is 13.5 Å². The van der Waals surface area contributed by atoms with Crippen LogP contribution in [0, 0.1) is 5.92 Å². The van der Waals surface area contributed by atoms with Crippen molar-refractivity contribution in [2.24, 2.45) is 5.92 Å². The second-order valence-electron chi connectivity index (χ2n) is 4.62. The van der Waals surface area contributed by atoms with Gasteiger partial charge in [-0.25, -0.2) is 13.1 Å². The summed E-state index contributed by atoms with van der Waals surface area (Å²) in [6, 6.07) is 4.28. The van der Waals surface area contributed by atoms with Crippen LogP contribution in [0.2, 0.25) is 10.0 Å². The molecule has 0 radical (unpaired) electrons. The highest BCUT2D eigenvalue weighted by Gasteiger charge is 2.19. The molecule has 0 aliphatic rings. The summed E-state index contributed by atoms with van der Waals surface area (Å²) in [7, 11) is -3.69. The maximum absolute atomic E-state index is 12.1. The molecule has 0 aliphatic heterocycles. The zero-order chi connectivity index (χ0) is 14.6. The van der Waals surface area contributed by atoms with Gasteiger partial charge in [-0.1, -0.05) is 30.1 Å². The van der Waals surface area contributed by atoms with Gasteiger partial charge in [0.15, 0.2) is 0 Å². The van der Waals surface area contributed by atoms with Gasteiger partial charge in [0.2, 0.25) is 10.0 Å². The SMILES string of the molecule is CC(O)CC(C)CNS(=O)(=O)c1cc(Cl)ccc1Cl. The zero-order valence-electron chi connectivity index (χ0n) is 10.7. The van der Waals surface area contributed by atoms with E-state index in [-0.39, 0.29) is 22.4 Å². The standard InChI is InChI=1S/C12H17Cl2NO3S/c1-8(5-9(2)16)7-15-19(17,18)12-6-10(13)3-4-11(12)14/h3-4,6,8-9,15-16H,5,7H2,1-2H3. The first-order valence-electron chi connectivity index (χ1n) is 5.85. The Morgan fingerprint density at radius 1 is 1.32 bits per heavy atom. The smallest absolute Gasteiger partial charge is 0.242 e. The van der Waals surface area contributed by atoms with Crippen molar-refractivity contribution in [2.45, 2.75) is 31.3 Å². The minimum Gasteiger partial charge on any atom is -0.393 e. The number of aliphatic hydroxyl groups is 1. The molecule has 0 bridgehead atoms. The lowest BCUT2D eigenvalue weighted by molar-refractivity contribution is 0.165. The molecule has 0 amide bonds. The van der Waals surface area contributed by atoms with Crippen LogP contribution < -0.4 is 4.72 Å². The second kappa shape index (κ2) is 6.90. The third-order valence-electron chi connectivity index (χ3n) is 2.55. The fourth-order valence-corrected chi connectivity index (χ4v) is 3.60. The summed E-state index contributed by atoms with van der Waals surface area (Å²) in [5.74, 6) is 0.0211. The number of halogens is 2. The van der Waals surface area contributed by atoms with Crippen LogP contribution in [0.3, 0.4) is 0 Å². The molecule has 2 N–H and O–H groups in total. The largest absolute Gasteiger partial charge is 0.393 e. The molecule has 1 aromatic carbocycles. The Morgan fingerprint density at radius 3 is 2.53 bits per heavy atom. The Hall–Kier alpha value is -0.330. The van der Waals surface area contributed by atoms with E-state index >= 15 is 0 Å². The maximum Gasteiger partial charge on any atom is 0.242 e. The highest BCUT2D eigenvalue weighted by molar-refractivity contribution is 7.89. The summed E-state index contributed by atoms with van der Waals surface area (Å²) in [6.07, 6.45) is 0.0560. The molecule has 0 spiro atoms. The van der Waals surface area contributed by atoms with Crippen molar-refractivity contribution in [2.75, 3.05) is 6.54 Å². The molecule has 1 rings (SSSR count). The predicted octanol–water partition coefficient (Wildman–Crippen LogP) is 2.68. The summed E-state index contributed by atoms with van der Waals surface area (Å²) in [5.41, 5.74) is 0. The number of sulfonamides is 1. The van der Waals surface area contributed by atoms with Gasteiger partial charge in [0.05, 0.1) is 11.1 Å². The van der Waals surface area contributed by atoms with E-state index in [1.165, 1.54) is 18.2 Å². The van der Waals surface area contributed by atoms with Crippen molar-refractivity contribution in [1.29, 1.82) is 0 Å². The average Bonchev–Trinajstić information content (AvgIpc) is 2.29. The van der Waals surface area contributed by atoms with E-state index in [4.69, 9.17) is 23.2 Å². The van der Waals surface area contributed by atoms with Crippen molar-refractivity contribution in [3.63, 3.8) is 0 Å². The van der Waals surface area contributed by atoms with Crippen LogP contribution in [0.25, 0.3) is 0 Å². The Labute approximate surface area is 123 Å². The number of hydrogen-bond donors (Lipinski definition) is 2. The molecule has 0 aromatic heterocycles. The lowest BCUT2D eigenvalue weighted by atomic mass is 10.1. The maximum atomic E-state index is 12.1. The molecule has 108 valence electrons. The van der Waals surface area contributed by atoms with Crippen molar-refractivity contribution in [3.05, 3.63) is 28.2 Å². The molecule has 2 atom stereocenters.